The van der Waals surface area contributed by atoms with Gasteiger partial charge in [0, 0.05) is 24.4 Å². The van der Waals surface area contributed by atoms with Gasteiger partial charge in [-0.15, -0.1) is 11.3 Å². The number of carbonyl (C=O) groups excluding carboxylic acids is 1. The molecule has 0 spiro atoms. The first kappa shape index (κ1) is 15.3. The lowest BCUT2D eigenvalue weighted by Crippen LogP contribution is -2.43. The highest BCUT2D eigenvalue weighted by Gasteiger charge is 2.24. The van der Waals surface area contributed by atoms with Crippen LogP contribution in [0.25, 0.3) is 5.69 Å². The Morgan fingerprint density at radius 1 is 1.33 bits per heavy atom. The Balaban J connectivity index is 2.11. The number of nitrogens with zero attached hydrogens (tertiary/aromatic N) is 1. The topological polar surface area (TPSA) is 71.3 Å². The summed E-state index contributed by atoms with van der Waals surface area (Å²) in [7, 11) is 0. The molecule has 2 aromatic heterocycles. The van der Waals surface area contributed by atoms with Crippen molar-refractivity contribution in [3.63, 3.8) is 0 Å². The van der Waals surface area contributed by atoms with Crippen LogP contribution in [0.5, 0.6) is 0 Å². The van der Waals surface area contributed by atoms with E-state index in [2.05, 4.69) is 5.32 Å². The normalized spacial score (nSPS) is 11.3. The Kier molecular flexibility index (Phi) is 4.47. The zero-order valence-corrected chi connectivity index (χ0v) is 12.8. The second kappa shape index (κ2) is 6.13. The molecule has 112 valence electrons. The maximum Gasteiger partial charge on any atom is 0.303 e. The molecule has 2 aromatic rings. The molecule has 1 amide bonds. The van der Waals surface area contributed by atoms with E-state index >= 15 is 0 Å². The van der Waals surface area contributed by atoms with Crippen molar-refractivity contribution in [3.8, 4) is 5.69 Å². The molecule has 0 saturated heterocycles. The van der Waals surface area contributed by atoms with Crippen LogP contribution in [0.3, 0.4) is 0 Å². The van der Waals surface area contributed by atoms with Crippen molar-refractivity contribution in [1.29, 1.82) is 0 Å². The predicted molar refractivity (Wildman–Crippen MR) is 82.1 cm³/mol. The highest BCUT2D eigenvalue weighted by Crippen LogP contribution is 2.22. The molecule has 21 heavy (non-hydrogen) atoms. The molecule has 0 aromatic carbocycles. The molecule has 0 unspecified atom stereocenters. The average molecular weight is 306 g/mol. The van der Waals surface area contributed by atoms with E-state index in [1.165, 1.54) is 11.3 Å². The maximum atomic E-state index is 12.4. The first-order chi connectivity index (χ1) is 9.89. The number of nitrogens with one attached hydrogen (secondary N) is 1. The van der Waals surface area contributed by atoms with Crippen molar-refractivity contribution in [2.75, 3.05) is 0 Å². The first-order valence-electron chi connectivity index (χ1n) is 6.64. The van der Waals surface area contributed by atoms with E-state index in [4.69, 9.17) is 5.11 Å². The van der Waals surface area contributed by atoms with Crippen molar-refractivity contribution < 1.29 is 14.7 Å². The van der Waals surface area contributed by atoms with Gasteiger partial charge in [0.25, 0.3) is 5.91 Å². The second-order valence-electron chi connectivity index (χ2n) is 5.46. The van der Waals surface area contributed by atoms with Crippen LogP contribution >= 0.6 is 11.3 Å². The molecule has 0 atom stereocenters. The van der Waals surface area contributed by atoms with E-state index in [9.17, 15) is 9.59 Å². The molecule has 0 aliphatic carbocycles. The van der Waals surface area contributed by atoms with Crippen LogP contribution in [0.4, 0.5) is 0 Å². The van der Waals surface area contributed by atoms with Crippen molar-refractivity contribution in [2.24, 2.45) is 0 Å². The van der Waals surface area contributed by atoms with Crippen LogP contribution < -0.4 is 5.32 Å². The largest absolute Gasteiger partial charge is 0.481 e. The van der Waals surface area contributed by atoms with E-state index < -0.39 is 11.5 Å². The lowest BCUT2D eigenvalue weighted by molar-refractivity contribution is -0.137. The number of carboxylic acids is 1. The predicted octanol–water partition coefficient (Wildman–Crippen LogP) is 2.91. The smallest absolute Gasteiger partial charge is 0.303 e. The molecule has 0 aliphatic heterocycles. The highest BCUT2D eigenvalue weighted by atomic mass is 32.1. The van der Waals surface area contributed by atoms with Gasteiger partial charge in [0.05, 0.1) is 5.69 Å². The molecular formula is C15H18N2O3S. The van der Waals surface area contributed by atoms with E-state index in [0.717, 1.165) is 5.69 Å². The molecule has 2 N–H and O–H groups in total. The number of carbonyl (C=O) groups is 2. The molecule has 2 heterocycles. The van der Waals surface area contributed by atoms with Gasteiger partial charge in [-0.3, -0.25) is 9.59 Å². The second-order valence-corrected chi connectivity index (χ2v) is 6.37. The number of amides is 1. The van der Waals surface area contributed by atoms with Crippen LogP contribution in [0.15, 0.2) is 36.0 Å². The Hall–Kier alpha value is -2.08. The van der Waals surface area contributed by atoms with Gasteiger partial charge in [0.1, 0.15) is 4.88 Å². The average Bonchev–Trinajstić information content (AvgIpc) is 3.06. The number of aliphatic carboxylic acids is 1. The molecule has 6 heteroatoms. The first-order valence-corrected chi connectivity index (χ1v) is 7.52. The van der Waals surface area contributed by atoms with Crippen LogP contribution in [0.1, 0.15) is 36.4 Å². The number of carboxylic acid groups (broad SMARTS) is 1. The summed E-state index contributed by atoms with van der Waals surface area (Å²) in [6.07, 6.45) is 4.18. The van der Waals surface area contributed by atoms with E-state index in [0.29, 0.717) is 11.3 Å². The summed E-state index contributed by atoms with van der Waals surface area (Å²) < 4.78 is 1.88. The van der Waals surface area contributed by atoms with Gasteiger partial charge in [-0.2, -0.15) is 0 Å². The van der Waals surface area contributed by atoms with Gasteiger partial charge in [0.15, 0.2) is 0 Å². The van der Waals surface area contributed by atoms with E-state index in [1.54, 1.807) is 0 Å². The zero-order valence-electron chi connectivity index (χ0n) is 12.0. The quantitative estimate of drug-likeness (QED) is 0.862. The van der Waals surface area contributed by atoms with Crippen LogP contribution in [0.2, 0.25) is 0 Å². The number of hydrogen-bond donors (Lipinski definition) is 2. The Morgan fingerprint density at radius 2 is 2.00 bits per heavy atom. The number of rotatable bonds is 6. The van der Waals surface area contributed by atoms with Gasteiger partial charge in [-0.05, 0) is 43.8 Å². The number of thiophene rings is 1. The van der Waals surface area contributed by atoms with Crippen molar-refractivity contribution in [1.82, 2.24) is 9.88 Å². The summed E-state index contributed by atoms with van der Waals surface area (Å²) in [4.78, 5) is 23.7. The van der Waals surface area contributed by atoms with E-state index in [1.807, 2.05) is 54.4 Å². The minimum atomic E-state index is -0.860. The summed E-state index contributed by atoms with van der Waals surface area (Å²) in [5.41, 5.74) is 0.268. The summed E-state index contributed by atoms with van der Waals surface area (Å²) in [5.74, 6) is -1.04. The summed E-state index contributed by atoms with van der Waals surface area (Å²) in [5, 5.41) is 13.5. The van der Waals surface area contributed by atoms with Crippen molar-refractivity contribution in [3.05, 3.63) is 40.8 Å². The minimum absolute atomic E-state index is 0.0299. The molecule has 0 saturated carbocycles. The molecule has 0 fully saturated rings. The summed E-state index contributed by atoms with van der Waals surface area (Å²) in [6.45, 7) is 3.66. The molecule has 5 nitrogen and oxygen atoms in total. The zero-order chi connectivity index (χ0) is 15.5. The monoisotopic (exact) mass is 306 g/mol. The van der Waals surface area contributed by atoms with Crippen LogP contribution in [-0.4, -0.2) is 27.1 Å². The SMILES string of the molecule is CC(C)(CCC(=O)O)NC(=O)c1sccc1-n1cccc1. The van der Waals surface area contributed by atoms with Gasteiger partial charge < -0.3 is 15.0 Å². The maximum absolute atomic E-state index is 12.4. The van der Waals surface area contributed by atoms with E-state index in [-0.39, 0.29) is 12.3 Å². The van der Waals surface area contributed by atoms with Gasteiger partial charge in [0.2, 0.25) is 0 Å². The Labute approximate surface area is 127 Å². The number of hydrogen-bond acceptors (Lipinski definition) is 3. The molecule has 0 bridgehead atoms. The third kappa shape index (κ3) is 3.95. The Morgan fingerprint density at radius 3 is 2.62 bits per heavy atom. The van der Waals surface area contributed by atoms with Crippen LogP contribution in [0, 0.1) is 0 Å². The molecule has 2 rings (SSSR count). The van der Waals surface area contributed by atoms with Gasteiger partial charge in [-0.25, -0.2) is 0 Å². The van der Waals surface area contributed by atoms with Gasteiger partial charge >= 0.3 is 5.97 Å². The highest BCUT2D eigenvalue weighted by molar-refractivity contribution is 7.12. The Bertz CT molecular complexity index is 629. The lowest BCUT2D eigenvalue weighted by atomic mass is 9.98. The lowest BCUT2D eigenvalue weighted by Gasteiger charge is -2.25. The fraction of sp³-hybridized carbons (Fsp3) is 0.333. The standard InChI is InChI=1S/C15H18N2O3S/c1-15(2,7-5-12(18)19)16-14(20)13-11(6-10-21-13)17-8-3-4-9-17/h3-4,6,8-10H,5,7H2,1-2H3,(H,16,20)(H,18,19). The molecule has 0 aliphatic rings. The minimum Gasteiger partial charge on any atom is -0.481 e. The molecule has 0 radical (unpaired) electrons. The van der Waals surface area contributed by atoms with Gasteiger partial charge in [-0.1, -0.05) is 0 Å². The van der Waals surface area contributed by atoms with Crippen LogP contribution in [-0.2, 0) is 4.79 Å². The fourth-order valence-corrected chi connectivity index (χ4v) is 2.80. The summed E-state index contributed by atoms with van der Waals surface area (Å²) >= 11 is 1.37. The molecular weight excluding hydrogens is 288 g/mol. The van der Waals surface area contributed by atoms with Crippen molar-refractivity contribution in [2.45, 2.75) is 32.2 Å². The fourth-order valence-electron chi connectivity index (χ4n) is 2.02. The summed E-state index contributed by atoms with van der Waals surface area (Å²) in [6, 6.07) is 5.69. The third-order valence-corrected chi connectivity index (χ3v) is 4.05. The van der Waals surface area contributed by atoms with Crippen molar-refractivity contribution >= 4 is 23.2 Å². The third-order valence-electron chi connectivity index (χ3n) is 3.15. The number of aromatic nitrogens is 1.